The largest absolute Gasteiger partial charge is 0.494 e. The van der Waals surface area contributed by atoms with Crippen LogP contribution >= 0.6 is 0 Å². The van der Waals surface area contributed by atoms with Crippen molar-refractivity contribution < 1.29 is 28.5 Å². The summed E-state index contributed by atoms with van der Waals surface area (Å²) in [4.78, 5) is 24.6. The molecule has 0 radical (unpaired) electrons. The third kappa shape index (κ3) is 6.59. The van der Waals surface area contributed by atoms with Gasteiger partial charge in [-0.05, 0) is 78.7 Å². The number of hydrogen-bond acceptors (Lipinski definition) is 7. The van der Waals surface area contributed by atoms with Crippen molar-refractivity contribution in [3.63, 3.8) is 0 Å². The molecule has 0 saturated carbocycles. The molecule has 1 N–H and O–H groups in total. The molecule has 0 spiro atoms. The minimum Gasteiger partial charge on any atom is -0.494 e. The fourth-order valence-electron chi connectivity index (χ4n) is 2.90. The van der Waals surface area contributed by atoms with Crippen molar-refractivity contribution in [2.24, 2.45) is 5.10 Å². The zero-order chi connectivity index (χ0) is 24.3. The highest BCUT2D eigenvalue weighted by Gasteiger charge is 2.13. The van der Waals surface area contributed by atoms with Crippen molar-refractivity contribution in [3.8, 4) is 23.0 Å². The first-order chi connectivity index (χ1) is 16.5. The molecule has 0 atom stereocenters. The number of ether oxygens (including phenoxy) is 4. The molecule has 0 heterocycles. The third-order valence-corrected chi connectivity index (χ3v) is 4.68. The fraction of sp³-hybridized carbons (Fsp3) is 0.192. The molecule has 0 fully saturated rings. The van der Waals surface area contributed by atoms with E-state index in [0.717, 1.165) is 12.0 Å². The van der Waals surface area contributed by atoms with E-state index in [2.05, 4.69) is 10.5 Å². The molecule has 3 aromatic carbocycles. The average Bonchev–Trinajstić information content (AvgIpc) is 2.88. The van der Waals surface area contributed by atoms with Gasteiger partial charge in [0.25, 0.3) is 5.91 Å². The summed E-state index contributed by atoms with van der Waals surface area (Å²) in [7, 11) is 3.02. The van der Waals surface area contributed by atoms with Crippen molar-refractivity contribution in [2.45, 2.75) is 13.3 Å². The second kappa shape index (κ2) is 12.1. The van der Waals surface area contributed by atoms with E-state index in [4.69, 9.17) is 18.9 Å². The Hall–Kier alpha value is -4.33. The molecular weight excluding hydrogens is 436 g/mol. The average molecular weight is 463 g/mol. The topological polar surface area (TPSA) is 95.5 Å². The Morgan fingerprint density at radius 3 is 2.15 bits per heavy atom. The molecule has 0 unspecified atom stereocenters. The summed E-state index contributed by atoms with van der Waals surface area (Å²) in [5.74, 6) is 1.18. The Balaban J connectivity index is 1.54. The van der Waals surface area contributed by atoms with Crippen molar-refractivity contribution >= 4 is 18.1 Å². The van der Waals surface area contributed by atoms with Crippen LogP contribution in [0.4, 0.5) is 0 Å². The Morgan fingerprint density at radius 2 is 1.50 bits per heavy atom. The summed E-state index contributed by atoms with van der Waals surface area (Å²) in [5.41, 5.74) is 4.00. The number of rotatable bonds is 10. The SMILES string of the molecule is CCCOc1ccc(C(=O)NN=Cc2ccc(OC(=O)c3ccc(OC)c(OC)c3)cc2)cc1. The van der Waals surface area contributed by atoms with Gasteiger partial charge in [-0.1, -0.05) is 6.92 Å². The maximum Gasteiger partial charge on any atom is 0.343 e. The van der Waals surface area contributed by atoms with Crippen LogP contribution < -0.4 is 24.4 Å². The van der Waals surface area contributed by atoms with Crippen LogP contribution in [0.3, 0.4) is 0 Å². The number of esters is 1. The number of hydrogen-bond donors (Lipinski definition) is 1. The van der Waals surface area contributed by atoms with E-state index in [1.807, 2.05) is 6.92 Å². The van der Waals surface area contributed by atoms with Crippen molar-refractivity contribution in [3.05, 3.63) is 83.4 Å². The maximum absolute atomic E-state index is 12.4. The van der Waals surface area contributed by atoms with Crippen molar-refractivity contribution in [2.75, 3.05) is 20.8 Å². The van der Waals surface area contributed by atoms with Gasteiger partial charge in [-0.2, -0.15) is 5.10 Å². The smallest absolute Gasteiger partial charge is 0.343 e. The molecule has 8 nitrogen and oxygen atoms in total. The second-order valence-corrected chi connectivity index (χ2v) is 7.10. The van der Waals surface area contributed by atoms with E-state index < -0.39 is 5.97 Å². The van der Waals surface area contributed by atoms with Gasteiger partial charge in [-0.25, -0.2) is 10.2 Å². The lowest BCUT2D eigenvalue weighted by atomic mass is 10.2. The van der Waals surface area contributed by atoms with Crippen LogP contribution in [0, 0.1) is 0 Å². The summed E-state index contributed by atoms with van der Waals surface area (Å²) in [6.07, 6.45) is 2.41. The van der Waals surface area contributed by atoms with E-state index in [-0.39, 0.29) is 5.91 Å². The van der Waals surface area contributed by atoms with Gasteiger partial charge in [0.05, 0.1) is 32.6 Å². The molecule has 8 heteroatoms. The molecule has 0 saturated heterocycles. The van der Waals surface area contributed by atoms with Crippen molar-refractivity contribution in [1.29, 1.82) is 0 Å². The number of carbonyl (C=O) groups is 2. The van der Waals surface area contributed by atoms with Crippen molar-refractivity contribution in [1.82, 2.24) is 5.43 Å². The lowest BCUT2D eigenvalue weighted by molar-refractivity contribution is 0.0734. The Bertz CT molecular complexity index is 1140. The van der Waals surface area contributed by atoms with E-state index in [9.17, 15) is 9.59 Å². The van der Waals surface area contributed by atoms with E-state index in [1.54, 1.807) is 66.7 Å². The van der Waals surface area contributed by atoms with E-state index in [1.165, 1.54) is 20.4 Å². The number of nitrogens with one attached hydrogen (secondary N) is 1. The summed E-state index contributed by atoms with van der Waals surface area (Å²) in [6, 6.07) is 18.3. The minimum atomic E-state index is -0.527. The Labute approximate surface area is 198 Å². The van der Waals surface area contributed by atoms with Crippen LogP contribution in [0.1, 0.15) is 39.6 Å². The van der Waals surface area contributed by atoms with Crippen LogP contribution in [-0.4, -0.2) is 38.9 Å². The Morgan fingerprint density at radius 1 is 0.853 bits per heavy atom. The maximum atomic E-state index is 12.4. The number of carbonyl (C=O) groups excluding carboxylic acids is 2. The number of hydrazone groups is 1. The predicted octanol–water partition coefficient (Wildman–Crippen LogP) is 4.48. The van der Waals surface area contributed by atoms with Gasteiger partial charge in [-0.3, -0.25) is 4.79 Å². The zero-order valence-electron chi connectivity index (χ0n) is 19.2. The van der Waals surface area contributed by atoms with Crippen LogP contribution in [0.2, 0.25) is 0 Å². The quantitative estimate of drug-likeness (QED) is 0.207. The second-order valence-electron chi connectivity index (χ2n) is 7.10. The molecule has 0 aliphatic rings. The molecule has 0 bridgehead atoms. The van der Waals surface area contributed by atoms with Gasteiger partial charge in [0, 0.05) is 5.56 Å². The molecule has 0 aliphatic heterocycles. The van der Waals surface area contributed by atoms with Crippen LogP contribution in [-0.2, 0) is 0 Å². The standard InChI is InChI=1S/C26H26N2O6/c1-4-15-33-21-12-7-19(8-13-21)25(29)28-27-17-18-5-10-22(11-6-18)34-26(30)20-9-14-23(31-2)24(16-20)32-3/h5-14,16-17H,4,15H2,1-3H3,(H,28,29). The Kier molecular flexibility index (Phi) is 8.62. The fourth-order valence-corrected chi connectivity index (χ4v) is 2.90. The lowest BCUT2D eigenvalue weighted by Gasteiger charge is -2.09. The van der Waals surface area contributed by atoms with E-state index >= 15 is 0 Å². The minimum absolute atomic E-state index is 0.330. The van der Waals surface area contributed by atoms with Gasteiger partial charge in [-0.15, -0.1) is 0 Å². The number of amides is 1. The normalized spacial score (nSPS) is 10.6. The number of methoxy groups -OCH3 is 2. The molecule has 0 aliphatic carbocycles. The molecule has 0 aromatic heterocycles. The number of benzene rings is 3. The number of nitrogens with zero attached hydrogens (tertiary/aromatic N) is 1. The van der Waals surface area contributed by atoms with Crippen LogP contribution in [0.15, 0.2) is 71.8 Å². The highest BCUT2D eigenvalue weighted by atomic mass is 16.5. The molecule has 34 heavy (non-hydrogen) atoms. The van der Waals surface area contributed by atoms with Crippen LogP contribution in [0.25, 0.3) is 0 Å². The first-order valence-corrected chi connectivity index (χ1v) is 10.6. The summed E-state index contributed by atoms with van der Waals surface area (Å²) >= 11 is 0. The van der Waals surface area contributed by atoms with Crippen LogP contribution in [0.5, 0.6) is 23.0 Å². The van der Waals surface area contributed by atoms with Gasteiger partial charge in [0.1, 0.15) is 11.5 Å². The first kappa shape index (κ1) is 24.3. The molecule has 176 valence electrons. The summed E-state index contributed by atoms with van der Waals surface area (Å²) < 4.78 is 21.3. The molecule has 1 amide bonds. The predicted molar refractivity (Wildman–Crippen MR) is 128 cm³/mol. The monoisotopic (exact) mass is 462 g/mol. The lowest BCUT2D eigenvalue weighted by Crippen LogP contribution is -2.17. The van der Waals surface area contributed by atoms with Gasteiger partial charge >= 0.3 is 5.97 Å². The van der Waals surface area contributed by atoms with Gasteiger partial charge in [0.15, 0.2) is 11.5 Å². The summed E-state index contributed by atoms with van der Waals surface area (Å²) in [6.45, 7) is 2.66. The third-order valence-electron chi connectivity index (χ3n) is 4.68. The molecule has 3 rings (SSSR count). The highest BCUT2D eigenvalue weighted by Crippen LogP contribution is 2.28. The van der Waals surface area contributed by atoms with E-state index in [0.29, 0.717) is 40.7 Å². The van der Waals surface area contributed by atoms with Gasteiger partial charge < -0.3 is 18.9 Å². The molecular formula is C26H26N2O6. The zero-order valence-corrected chi connectivity index (χ0v) is 19.2. The highest BCUT2D eigenvalue weighted by molar-refractivity contribution is 5.95. The molecule has 3 aromatic rings. The first-order valence-electron chi connectivity index (χ1n) is 10.6. The van der Waals surface area contributed by atoms with Gasteiger partial charge in [0.2, 0.25) is 0 Å². The summed E-state index contributed by atoms with van der Waals surface area (Å²) in [5, 5.41) is 3.97.